The number of halogens is 1. The number of nitrogens with two attached hydrogens (primary N) is 1. The Kier molecular flexibility index (Phi) is 9.36. The van der Waals surface area contributed by atoms with Gasteiger partial charge in [0.25, 0.3) is 0 Å². The van der Waals surface area contributed by atoms with Crippen LogP contribution in [-0.4, -0.2) is 48.7 Å². The minimum absolute atomic E-state index is 0.0465. The second-order valence-corrected chi connectivity index (χ2v) is 13.7. The van der Waals surface area contributed by atoms with E-state index in [4.69, 9.17) is 27.1 Å². The molecule has 2 aromatic carbocycles. The highest BCUT2D eigenvalue weighted by Crippen LogP contribution is 2.31. The summed E-state index contributed by atoms with van der Waals surface area (Å²) in [6.45, 7) is 8.73. The zero-order valence-electron chi connectivity index (χ0n) is 23.4. The lowest BCUT2D eigenvalue weighted by Crippen LogP contribution is -2.41. The second kappa shape index (κ2) is 12.6. The minimum atomic E-state index is -3.47. The molecule has 0 saturated carbocycles. The molecule has 2 N–H and O–H groups in total. The molecule has 0 radical (unpaired) electrons. The Morgan fingerprint density at radius 1 is 1.12 bits per heavy atom. The highest BCUT2D eigenvalue weighted by Gasteiger charge is 2.25. The predicted molar refractivity (Wildman–Crippen MR) is 158 cm³/mol. The van der Waals surface area contributed by atoms with Crippen LogP contribution in [0.3, 0.4) is 0 Å². The Morgan fingerprint density at radius 2 is 1.88 bits per heavy atom. The number of sulfone groups is 1. The fourth-order valence-electron chi connectivity index (χ4n) is 4.88. The van der Waals surface area contributed by atoms with Gasteiger partial charge in [0.05, 0.1) is 32.9 Å². The summed E-state index contributed by atoms with van der Waals surface area (Å²) in [6.07, 6.45) is 3.90. The van der Waals surface area contributed by atoms with E-state index in [0.717, 1.165) is 36.4 Å². The normalized spacial score (nSPS) is 16.0. The van der Waals surface area contributed by atoms with E-state index in [1.807, 2.05) is 38.1 Å². The first-order chi connectivity index (χ1) is 19.0. The van der Waals surface area contributed by atoms with Gasteiger partial charge in [-0.3, -0.25) is 4.79 Å². The molecule has 1 atom stereocenters. The summed E-state index contributed by atoms with van der Waals surface area (Å²) >= 11 is 6.48. The molecule has 0 bridgehead atoms. The van der Waals surface area contributed by atoms with Crippen molar-refractivity contribution in [1.82, 2.24) is 9.97 Å². The van der Waals surface area contributed by atoms with Crippen LogP contribution in [-0.2, 0) is 27.5 Å². The number of carbonyl (C=O) groups excluding carboxylic acids is 1. The zero-order chi connectivity index (χ0) is 29.0. The van der Waals surface area contributed by atoms with Crippen LogP contribution in [0.4, 0.5) is 5.69 Å². The first-order valence-electron chi connectivity index (χ1n) is 13.6. The molecule has 1 saturated heterocycles. The summed E-state index contributed by atoms with van der Waals surface area (Å²) in [4.78, 5) is 23.4. The number of benzene rings is 2. The third-order valence-corrected chi connectivity index (χ3v) is 9.64. The van der Waals surface area contributed by atoms with Crippen molar-refractivity contribution in [3.63, 3.8) is 0 Å². The number of ether oxygens (including phenoxy) is 1. The zero-order valence-corrected chi connectivity index (χ0v) is 25.0. The van der Waals surface area contributed by atoms with Gasteiger partial charge >= 0.3 is 0 Å². The van der Waals surface area contributed by atoms with Crippen LogP contribution < -0.4 is 15.4 Å². The number of carbonyl (C=O) groups is 1. The van der Waals surface area contributed by atoms with Crippen molar-refractivity contribution in [2.24, 2.45) is 11.7 Å². The lowest BCUT2D eigenvalue weighted by Gasteiger charge is -2.33. The van der Waals surface area contributed by atoms with E-state index in [2.05, 4.69) is 9.88 Å². The number of aromatic nitrogens is 2. The molecule has 40 heavy (non-hydrogen) atoms. The van der Waals surface area contributed by atoms with Crippen LogP contribution in [0.15, 0.2) is 53.6 Å². The Morgan fingerprint density at radius 3 is 2.58 bits per heavy atom. The van der Waals surface area contributed by atoms with E-state index < -0.39 is 15.1 Å². The third-order valence-electron chi connectivity index (χ3n) is 7.08. The molecule has 1 unspecified atom stereocenters. The number of rotatable bonds is 10. The fraction of sp³-hybridized carbons (Fsp3) is 0.433. The summed E-state index contributed by atoms with van der Waals surface area (Å²) in [5, 5.41) is -0.164. The van der Waals surface area contributed by atoms with E-state index in [-0.39, 0.29) is 24.3 Å². The largest absolute Gasteiger partial charge is 0.491 e. The van der Waals surface area contributed by atoms with Crippen LogP contribution in [0.2, 0.25) is 5.02 Å². The molecule has 0 aliphatic carbocycles. The van der Waals surface area contributed by atoms with Crippen LogP contribution in [0.25, 0.3) is 0 Å². The van der Waals surface area contributed by atoms with E-state index in [9.17, 15) is 13.2 Å². The Labute approximate surface area is 241 Å². The van der Waals surface area contributed by atoms with Gasteiger partial charge in [-0.2, -0.15) is 0 Å². The molecule has 1 amide bonds. The maximum Gasteiger partial charge on any atom is 0.222 e. The van der Waals surface area contributed by atoms with Crippen molar-refractivity contribution in [2.75, 3.05) is 18.0 Å². The van der Waals surface area contributed by atoms with Gasteiger partial charge in [-0.25, -0.2) is 18.4 Å². The monoisotopic (exact) mass is 584 g/mol. The van der Waals surface area contributed by atoms with Crippen molar-refractivity contribution in [3.05, 3.63) is 76.3 Å². The van der Waals surface area contributed by atoms with Crippen molar-refractivity contribution in [1.29, 1.82) is 0 Å². The van der Waals surface area contributed by atoms with Gasteiger partial charge in [0, 0.05) is 49.4 Å². The molecule has 10 heteroatoms. The SMILES string of the molecule is CC(C)Oc1cc(N2CCCC(C(N)=O)C2)ccc1Cc1ncc(Cl)c(Cc2ccccc2S(=O)(=O)C(C)C)n1. The molecular weight excluding hydrogens is 548 g/mol. The van der Waals surface area contributed by atoms with Gasteiger partial charge in [-0.05, 0) is 58.2 Å². The molecule has 3 aromatic rings. The molecule has 0 spiro atoms. The molecule has 214 valence electrons. The predicted octanol–water partition coefficient (Wildman–Crippen LogP) is 4.98. The van der Waals surface area contributed by atoms with Gasteiger partial charge < -0.3 is 15.4 Å². The molecule has 4 rings (SSSR count). The summed E-state index contributed by atoms with van der Waals surface area (Å²) in [6, 6.07) is 13.0. The van der Waals surface area contributed by atoms with Crippen molar-refractivity contribution < 1.29 is 17.9 Å². The quantitative estimate of drug-likeness (QED) is 0.357. The standard InChI is InChI=1S/C30H37ClN4O4S/c1-19(2)39-27-16-24(35-13-7-9-23(18-35)30(32)36)12-11-21(27)15-29-33-17-25(31)26(34-29)14-22-8-5-6-10-28(22)40(37,38)20(3)4/h5-6,8,10-12,16-17,19-20,23H,7,9,13-15,18H2,1-4H3,(H2,32,36). The Bertz CT molecular complexity index is 1480. The van der Waals surface area contributed by atoms with Crippen LogP contribution in [0.5, 0.6) is 5.75 Å². The molecule has 1 fully saturated rings. The molecule has 1 aliphatic rings. The summed E-state index contributed by atoms with van der Waals surface area (Å²) < 4.78 is 32.1. The highest BCUT2D eigenvalue weighted by molar-refractivity contribution is 7.92. The summed E-state index contributed by atoms with van der Waals surface area (Å²) in [5.41, 5.74) is 8.68. The van der Waals surface area contributed by atoms with Crippen LogP contribution in [0, 0.1) is 5.92 Å². The average molecular weight is 585 g/mol. The van der Waals surface area contributed by atoms with Crippen molar-refractivity contribution >= 4 is 33.0 Å². The topological polar surface area (TPSA) is 115 Å². The van der Waals surface area contributed by atoms with Crippen molar-refractivity contribution in [2.45, 2.75) is 69.6 Å². The van der Waals surface area contributed by atoms with Gasteiger partial charge in [0.15, 0.2) is 9.84 Å². The number of anilines is 1. The van der Waals surface area contributed by atoms with Gasteiger partial charge in [0.2, 0.25) is 5.91 Å². The molecular formula is C30H37ClN4O4S. The first kappa shape index (κ1) is 29.8. The van der Waals surface area contributed by atoms with E-state index in [0.29, 0.717) is 40.0 Å². The first-order valence-corrected chi connectivity index (χ1v) is 15.5. The number of primary amides is 1. The smallest absolute Gasteiger partial charge is 0.222 e. The third kappa shape index (κ3) is 6.93. The van der Waals surface area contributed by atoms with Gasteiger partial charge in [-0.15, -0.1) is 0 Å². The molecule has 8 nitrogen and oxygen atoms in total. The van der Waals surface area contributed by atoms with Gasteiger partial charge in [0.1, 0.15) is 11.6 Å². The maximum atomic E-state index is 12.9. The lowest BCUT2D eigenvalue weighted by atomic mass is 9.96. The Hall–Kier alpha value is -3.17. The highest BCUT2D eigenvalue weighted by atomic mass is 35.5. The van der Waals surface area contributed by atoms with E-state index >= 15 is 0 Å². The summed E-state index contributed by atoms with van der Waals surface area (Å²) in [7, 11) is -3.47. The summed E-state index contributed by atoms with van der Waals surface area (Å²) in [5.74, 6) is 0.850. The fourth-order valence-corrected chi connectivity index (χ4v) is 6.32. The number of hydrogen-bond donors (Lipinski definition) is 1. The number of hydrogen-bond acceptors (Lipinski definition) is 7. The van der Waals surface area contributed by atoms with Crippen LogP contribution >= 0.6 is 11.6 Å². The minimum Gasteiger partial charge on any atom is -0.491 e. The lowest BCUT2D eigenvalue weighted by molar-refractivity contribution is -0.122. The Balaban J connectivity index is 1.62. The average Bonchev–Trinajstić information content (AvgIpc) is 2.91. The maximum absolute atomic E-state index is 12.9. The number of nitrogens with zero attached hydrogens (tertiary/aromatic N) is 3. The molecule has 2 heterocycles. The van der Waals surface area contributed by atoms with E-state index in [1.54, 1.807) is 38.2 Å². The number of amides is 1. The van der Waals surface area contributed by atoms with Gasteiger partial charge in [-0.1, -0.05) is 35.9 Å². The van der Waals surface area contributed by atoms with Crippen LogP contribution in [0.1, 0.15) is 63.2 Å². The van der Waals surface area contributed by atoms with E-state index in [1.165, 1.54) is 0 Å². The number of piperidine rings is 1. The van der Waals surface area contributed by atoms with Crippen molar-refractivity contribution in [3.8, 4) is 5.75 Å². The molecule has 1 aliphatic heterocycles. The second-order valence-electron chi connectivity index (χ2n) is 10.8. The molecule has 1 aromatic heterocycles.